The number of hydroxylamine groups is 1. The van der Waals surface area contributed by atoms with Gasteiger partial charge in [0.05, 0.1) is 11.4 Å². The second-order valence-corrected chi connectivity index (χ2v) is 7.37. The summed E-state index contributed by atoms with van der Waals surface area (Å²) in [4.78, 5) is 17.2. The summed E-state index contributed by atoms with van der Waals surface area (Å²) in [6.45, 7) is 10.2. The first-order valence-corrected chi connectivity index (χ1v) is 10.0. The lowest BCUT2D eigenvalue weighted by Crippen LogP contribution is -2.16. The first-order chi connectivity index (χ1) is 13.6. The van der Waals surface area contributed by atoms with Crippen molar-refractivity contribution in [3.63, 3.8) is 0 Å². The average molecular weight is 398 g/mol. The number of hydrogen-bond donors (Lipinski definition) is 3. The number of thiophene rings is 1. The van der Waals surface area contributed by atoms with Gasteiger partial charge in [0, 0.05) is 11.4 Å². The minimum atomic E-state index is -0.482. The molecule has 0 unspecified atom stereocenters. The van der Waals surface area contributed by atoms with Gasteiger partial charge in [-0.05, 0) is 67.4 Å². The predicted molar refractivity (Wildman–Crippen MR) is 117 cm³/mol. The molecule has 0 spiro atoms. The molecule has 0 aliphatic heterocycles. The van der Waals surface area contributed by atoms with Gasteiger partial charge in [-0.1, -0.05) is 36.9 Å². The molecule has 2 rings (SSSR count). The Morgan fingerprint density at radius 1 is 1.32 bits per heavy atom. The molecule has 0 bridgehead atoms. The predicted octanol–water partition coefficient (Wildman–Crippen LogP) is 4.53. The molecule has 0 saturated carbocycles. The maximum Gasteiger partial charge on any atom is 0.284 e. The van der Waals surface area contributed by atoms with Crippen molar-refractivity contribution in [3.8, 4) is 10.4 Å². The number of benzene rings is 1. The summed E-state index contributed by atoms with van der Waals surface area (Å²) >= 11 is 1.36. The summed E-state index contributed by atoms with van der Waals surface area (Å²) in [7, 11) is 0. The van der Waals surface area contributed by atoms with Crippen LogP contribution < -0.4 is 10.8 Å². The fourth-order valence-electron chi connectivity index (χ4n) is 2.80. The van der Waals surface area contributed by atoms with Gasteiger partial charge < -0.3 is 5.32 Å². The lowest BCUT2D eigenvalue weighted by atomic mass is 10.0. The Morgan fingerprint density at radius 2 is 2.14 bits per heavy atom. The monoisotopic (exact) mass is 397 g/mol. The highest BCUT2D eigenvalue weighted by molar-refractivity contribution is 7.17. The van der Waals surface area contributed by atoms with E-state index in [1.165, 1.54) is 22.5 Å². The fourth-order valence-corrected chi connectivity index (χ4v) is 3.79. The Bertz CT molecular complexity index is 868. The van der Waals surface area contributed by atoms with Gasteiger partial charge in [0.15, 0.2) is 0 Å². The Balaban J connectivity index is 1.92. The van der Waals surface area contributed by atoms with Crippen LogP contribution in [0.4, 0.5) is 0 Å². The number of nitrogens with one attached hydrogen (secondary N) is 2. The van der Waals surface area contributed by atoms with Gasteiger partial charge in [-0.2, -0.15) is 0 Å². The number of hydrogen-bond acceptors (Lipinski definition) is 5. The molecule has 148 valence electrons. The number of amides is 1. The van der Waals surface area contributed by atoms with E-state index in [1.54, 1.807) is 17.8 Å². The summed E-state index contributed by atoms with van der Waals surface area (Å²) in [5.41, 5.74) is 6.33. The molecule has 0 atom stereocenters. The van der Waals surface area contributed by atoms with Crippen LogP contribution in [-0.2, 0) is 6.54 Å². The van der Waals surface area contributed by atoms with Crippen LogP contribution in [0.5, 0.6) is 0 Å². The number of rotatable bonds is 10. The molecule has 1 aromatic carbocycles. The number of nitrogens with zero attached hydrogens (tertiary/aromatic N) is 1. The molecular weight excluding hydrogens is 370 g/mol. The molecule has 2 aromatic rings. The van der Waals surface area contributed by atoms with Crippen LogP contribution in [-0.4, -0.2) is 30.4 Å². The number of aliphatic imine (C=N–C) groups is 1. The van der Waals surface area contributed by atoms with Crippen LogP contribution in [0.2, 0.25) is 0 Å². The third-order valence-electron chi connectivity index (χ3n) is 4.31. The molecule has 0 fully saturated rings. The van der Waals surface area contributed by atoms with E-state index in [9.17, 15) is 4.79 Å². The van der Waals surface area contributed by atoms with E-state index in [0.29, 0.717) is 11.4 Å². The molecule has 28 heavy (non-hydrogen) atoms. The topological polar surface area (TPSA) is 73.7 Å². The molecule has 5 nitrogen and oxygen atoms in total. The highest BCUT2D eigenvalue weighted by Gasteiger charge is 2.11. The summed E-state index contributed by atoms with van der Waals surface area (Å²) in [5.74, 6) is -0.482. The zero-order valence-electron chi connectivity index (χ0n) is 16.4. The minimum absolute atomic E-state index is 0.482. The second kappa shape index (κ2) is 11.3. The van der Waals surface area contributed by atoms with Gasteiger partial charge in [0.2, 0.25) is 0 Å². The normalized spacial score (nSPS) is 11.8. The zero-order valence-corrected chi connectivity index (χ0v) is 17.2. The fraction of sp³-hybridized carbons (Fsp3) is 0.273. The maximum absolute atomic E-state index is 11.5. The zero-order chi connectivity index (χ0) is 20.4. The molecule has 3 N–H and O–H groups in total. The SMILES string of the molecule is C=CC(=CCN=CC)CCNCc1ccc(-c2ccc(C(=O)NO)s2)c(C)c1. The van der Waals surface area contributed by atoms with E-state index in [1.807, 2.05) is 19.1 Å². The van der Waals surface area contributed by atoms with Crippen molar-refractivity contribution in [3.05, 3.63) is 70.6 Å². The van der Waals surface area contributed by atoms with Crippen LogP contribution >= 0.6 is 11.3 Å². The highest BCUT2D eigenvalue weighted by atomic mass is 32.1. The summed E-state index contributed by atoms with van der Waals surface area (Å²) in [6, 6.07) is 9.96. The van der Waals surface area contributed by atoms with E-state index in [4.69, 9.17) is 5.21 Å². The molecule has 0 aliphatic carbocycles. The van der Waals surface area contributed by atoms with Crippen LogP contribution in [0.1, 0.15) is 34.1 Å². The molecule has 1 heterocycles. The third-order valence-corrected chi connectivity index (χ3v) is 5.43. The molecule has 1 amide bonds. The number of carbonyl (C=O) groups is 1. The Labute approximate surface area is 170 Å². The molecule has 0 saturated heterocycles. The Morgan fingerprint density at radius 3 is 2.82 bits per heavy atom. The van der Waals surface area contributed by atoms with Gasteiger partial charge in [-0.25, -0.2) is 5.48 Å². The van der Waals surface area contributed by atoms with Crippen LogP contribution in [0, 0.1) is 6.92 Å². The van der Waals surface area contributed by atoms with Gasteiger partial charge in [-0.3, -0.25) is 15.0 Å². The number of aryl methyl sites for hydroxylation is 1. The van der Waals surface area contributed by atoms with E-state index in [2.05, 4.69) is 48.1 Å². The van der Waals surface area contributed by atoms with E-state index in [-0.39, 0.29) is 0 Å². The Hall–Kier alpha value is -2.54. The third kappa shape index (κ3) is 6.27. The van der Waals surface area contributed by atoms with E-state index < -0.39 is 5.91 Å². The average Bonchev–Trinajstić information content (AvgIpc) is 3.19. The van der Waals surface area contributed by atoms with E-state index in [0.717, 1.165) is 35.5 Å². The summed E-state index contributed by atoms with van der Waals surface area (Å²) in [5, 5.41) is 12.2. The molecule has 0 radical (unpaired) electrons. The Kier molecular flexibility index (Phi) is 8.81. The second-order valence-electron chi connectivity index (χ2n) is 6.29. The van der Waals surface area contributed by atoms with Crippen molar-refractivity contribution >= 4 is 23.5 Å². The van der Waals surface area contributed by atoms with Crippen molar-refractivity contribution in [2.45, 2.75) is 26.8 Å². The first kappa shape index (κ1) is 21.8. The van der Waals surface area contributed by atoms with Gasteiger partial charge in [-0.15, -0.1) is 11.3 Å². The van der Waals surface area contributed by atoms with Crippen LogP contribution in [0.3, 0.4) is 0 Å². The van der Waals surface area contributed by atoms with E-state index >= 15 is 0 Å². The van der Waals surface area contributed by atoms with Crippen molar-refractivity contribution in [2.75, 3.05) is 13.1 Å². The lowest BCUT2D eigenvalue weighted by molar-refractivity contribution is 0.0711. The largest absolute Gasteiger partial charge is 0.312 e. The van der Waals surface area contributed by atoms with Crippen LogP contribution in [0.25, 0.3) is 10.4 Å². The van der Waals surface area contributed by atoms with Crippen molar-refractivity contribution in [1.82, 2.24) is 10.8 Å². The molecule has 1 aromatic heterocycles. The quantitative estimate of drug-likeness (QED) is 0.181. The summed E-state index contributed by atoms with van der Waals surface area (Å²) in [6.07, 6.45) is 6.71. The molecule has 0 aliphatic rings. The van der Waals surface area contributed by atoms with Gasteiger partial charge >= 0.3 is 0 Å². The van der Waals surface area contributed by atoms with Crippen molar-refractivity contribution < 1.29 is 10.0 Å². The van der Waals surface area contributed by atoms with Crippen molar-refractivity contribution in [2.24, 2.45) is 4.99 Å². The van der Waals surface area contributed by atoms with Gasteiger partial charge in [0.25, 0.3) is 5.91 Å². The van der Waals surface area contributed by atoms with Gasteiger partial charge in [0.1, 0.15) is 0 Å². The summed E-state index contributed by atoms with van der Waals surface area (Å²) < 4.78 is 0. The maximum atomic E-state index is 11.5. The first-order valence-electron chi connectivity index (χ1n) is 9.19. The number of allylic oxidation sites excluding steroid dienone is 1. The molecule has 6 heteroatoms. The van der Waals surface area contributed by atoms with Crippen LogP contribution in [0.15, 0.2) is 59.6 Å². The standard InChI is InChI=1S/C22H27N3O2S/c1-4-17(10-12-23-5-2)11-13-24-15-18-6-7-19(16(3)14-18)20-8-9-21(28-20)22(26)25-27/h4-10,14,24,27H,1,11-13,15H2,2-3H3,(H,25,26). The lowest BCUT2D eigenvalue weighted by Gasteiger charge is -2.09. The van der Waals surface area contributed by atoms with Crippen molar-refractivity contribution in [1.29, 1.82) is 0 Å². The minimum Gasteiger partial charge on any atom is -0.312 e. The highest BCUT2D eigenvalue weighted by Crippen LogP contribution is 2.31. The number of carbonyl (C=O) groups excluding carboxylic acids is 1. The smallest absolute Gasteiger partial charge is 0.284 e. The molecular formula is C22H27N3O2S.